The molecule has 0 atom stereocenters. The van der Waals surface area contributed by atoms with Gasteiger partial charge < -0.3 is 0 Å². The third-order valence-electron chi connectivity index (χ3n) is 8.74. The van der Waals surface area contributed by atoms with Crippen LogP contribution in [0.2, 0.25) is 0 Å². The van der Waals surface area contributed by atoms with Gasteiger partial charge in [-0.05, 0) is 0 Å². The van der Waals surface area contributed by atoms with Crippen LogP contribution >= 0.6 is 7.26 Å². The van der Waals surface area contributed by atoms with Crippen LogP contribution in [0.15, 0.2) is 0 Å². The molecule has 0 unspecified atom stereocenters. The Kier molecular flexibility index (Phi) is 29.3. The van der Waals surface area contributed by atoms with Gasteiger partial charge in [-0.3, -0.25) is 0 Å². The quantitative estimate of drug-likeness (QED) is 0.0663. The minimum atomic E-state index is -1.03. The van der Waals surface area contributed by atoms with Crippen LogP contribution < -0.4 is 0 Å². The van der Waals surface area contributed by atoms with Gasteiger partial charge in [-0.25, -0.2) is 0 Å². The average molecular weight is 513 g/mol. The summed E-state index contributed by atoms with van der Waals surface area (Å²) in [7, 11) is -1.03. The second-order valence-electron chi connectivity index (χ2n) is 12.3. The maximum atomic E-state index is 2.42. The fourth-order valence-electron chi connectivity index (χ4n) is 6.18. The molecule has 0 aromatic heterocycles. The Morgan fingerprint density at radius 3 is 0.686 bits per heavy atom. The molecule has 0 heterocycles. The summed E-state index contributed by atoms with van der Waals surface area (Å²) in [6.07, 6.45) is 45.2. The average Bonchev–Trinajstić information content (AvgIpc) is 2.87. The number of rotatable bonds is 30. The van der Waals surface area contributed by atoms with Crippen LogP contribution in [-0.4, -0.2) is 24.6 Å². The summed E-state index contributed by atoms with van der Waals surface area (Å²) in [5, 5.41) is 0. The molecule has 0 rings (SSSR count). The number of hydrogen-bond acceptors (Lipinski definition) is 0. The fourth-order valence-corrected chi connectivity index (χ4v) is 11.9. The van der Waals surface area contributed by atoms with Crippen LogP contribution in [0.5, 0.6) is 0 Å². The molecule has 0 radical (unpaired) electrons. The van der Waals surface area contributed by atoms with Crippen LogP contribution in [0, 0.1) is 0 Å². The number of hydrogen-bond donors (Lipinski definition) is 0. The first-order chi connectivity index (χ1) is 17.2. The fraction of sp³-hybridized carbons (Fsp3) is 1.00. The summed E-state index contributed by atoms with van der Waals surface area (Å²) < 4.78 is 0. The van der Waals surface area contributed by atoms with Crippen LogP contribution in [0.3, 0.4) is 0 Å². The summed E-state index contributed by atoms with van der Waals surface area (Å²) in [6.45, 7) is 9.48. The Labute approximate surface area is 226 Å². The van der Waals surface area contributed by atoms with E-state index in [0.29, 0.717) is 0 Å². The second kappa shape index (κ2) is 29.0. The van der Waals surface area contributed by atoms with Crippen LogP contribution in [0.25, 0.3) is 0 Å². The normalized spacial score (nSPS) is 12.5. The number of unbranched alkanes of at least 4 members (excludes halogenated alkanes) is 22. The maximum absolute atomic E-state index is 2.42. The topological polar surface area (TPSA) is 0 Å². The molecule has 0 N–H and O–H groups in total. The molecule has 214 valence electrons. The molecular formula is C34H73P. The summed E-state index contributed by atoms with van der Waals surface area (Å²) in [5.41, 5.74) is 0. The SMILES string of the molecule is CCCCCCCCCCCCC[PH](CCCC)(CCCC)CCCCCCCCCCCCC. The first kappa shape index (κ1) is 35.4. The van der Waals surface area contributed by atoms with E-state index in [4.69, 9.17) is 0 Å². The first-order valence-electron chi connectivity index (χ1n) is 17.2. The molecule has 0 aliphatic rings. The molecule has 0 aliphatic carbocycles. The van der Waals surface area contributed by atoms with Crippen molar-refractivity contribution in [3.05, 3.63) is 0 Å². The van der Waals surface area contributed by atoms with Crippen LogP contribution in [-0.2, 0) is 0 Å². The monoisotopic (exact) mass is 513 g/mol. The molecule has 0 amide bonds. The summed E-state index contributed by atoms with van der Waals surface area (Å²) in [4.78, 5) is 0. The van der Waals surface area contributed by atoms with E-state index in [9.17, 15) is 0 Å². The third-order valence-corrected chi connectivity index (χ3v) is 14.4. The van der Waals surface area contributed by atoms with E-state index < -0.39 is 7.26 Å². The predicted molar refractivity (Wildman–Crippen MR) is 171 cm³/mol. The minimum Gasteiger partial charge on any atom is -0.0654 e. The van der Waals surface area contributed by atoms with E-state index in [1.165, 1.54) is 154 Å². The minimum absolute atomic E-state index is 1.03. The molecule has 0 bridgehead atoms. The molecule has 0 spiro atoms. The van der Waals surface area contributed by atoms with E-state index in [1.54, 1.807) is 37.5 Å². The van der Waals surface area contributed by atoms with Crippen molar-refractivity contribution in [2.45, 2.75) is 195 Å². The Morgan fingerprint density at radius 1 is 0.229 bits per heavy atom. The van der Waals surface area contributed by atoms with Gasteiger partial charge in [0.1, 0.15) is 0 Å². The second-order valence-corrected chi connectivity index (χ2v) is 17.3. The Morgan fingerprint density at radius 2 is 0.429 bits per heavy atom. The standard InChI is InChI=1S/C34H73P/c1-5-9-13-15-17-19-21-23-25-27-29-33-35(31-11-7-3,32-12-8-4)34-30-28-26-24-22-20-18-16-14-10-6-2/h35H,5-34H2,1-4H3. The van der Waals surface area contributed by atoms with Gasteiger partial charge in [0.05, 0.1) is 0 Å². The first-order valence-corrected chi connectivity index (χ1v) is 20.1. The zero-order chi connectivity index (χ0) is 25.7. The Bertz CT molecular complexity index is 341. The van der Waals surface area contributed by atoms with Gasteiger partial charge in [0.2, 0.25) is 0 Å². The van der Waals surface area contributed by atoms with Crippen molar-refractivity contribution in [1.29, 1.82) is 0 Å². The predicted octanol–water partition coefficient (Wildman–Crippen LogP) is 13.0. The van der Waals surface area contributed by atoms with Gasteiger partial charge in [0.15, 0.2) is 0 Å². The van der Waals surface area contributed by atoms with E-state index >= 15 is 0 Å². The third kappa shape index (κ3) is 24.5. The molecule has 0 saturated carbocycles. The van der Waals surface area contributed by atoms with Crippen molar-refractivity contribution < 1.29 is 0 Å². The summed E-state index contributed by atoms with van der Waals surface area (Å²) in [6, 6.07) is 0. The molecule has 0 fully saturated rings. The zero-order valence-electron chi connectivity index (χ0n) is 25.7. The zero-order valence-corrected chi connectivity index (χ0v) is 26.7. The molecule has 0 aromatic rings. The smallest absolute Gasteiger partial charge is 0.0654 e. The van der Waals surface area contributed by atoms with Crippen molar-refractivity contribution in [1.82, 2.24) is 0 Å². The molecule has 35 heavy (non-hydrogen) atoms. The molecule has 0 aromatic carbocycles. The van der Waals surface area contributed by atoms with Crippen LogP contribution in [0.1, 0.15) is 195 Å². The van der Waals surface area contributed by atoms with Crippen molar-refractivity contribution in [2.75, 3.05) is 24.6 Å². The molecule has 1 heteroatoms. The van der Waals surface area contributed by atoms with E-state index in [0.717, 1.165) is 0 Å². The van der Waals surface area contributed by atoms with E-state index in [2.05, 4.69) is 27.7 Å². The van der Waals surface area contributed by atoms with Gasteiger partial charge >= 0.3 is 213 Å². The van der Waals surface area contributed by atoms with Gasteiger partial charge in [0.25, 0.3) is 0 Å². The van der Waals surface area contributed by atoms with E-state index in [-0.39, 0.29) is 0 Å². The van der Waals surface area contributed by atoms with Gasteiger partial charge in [-0.15, -0.1) is 0 Å². The molecule has 0 aliphatic heterocycles. The van der Waals surface area contributed by atoms with Crippen molar-refractivity contribution in [3.8, 4) is 0 Å². The van der Waals surface area contributed by atoms with Gasteiger partial charge in [-0.2, -0.15) is 0 Å². The van der Waals surface area contributed by atoms with Gasteiger partial charge in [0, 0.05) is 0 Å². The van der Waals surface area contributed by atoms with Crippen molar-refractivity contribution in [3.63, 3.8) is 0 Å². The van der Waals surface area contributed by atoms with Crippen molar-refractivity contribution in [2.24, 2.45) is 0 Å². The summed E-state index contributed by atoms with van der Waals surface area (Å²) >= 11 is 0. The molecule has 0 nitrogen and oxygen atoms in total. The molecule has 0 saturated heterocycles. The van der Waals surface area contributed by atoms with Gasteiger partial charge in [-0.1, -0.05) is 13.8 Å². The van der Waals surface area contributed by atoms with Crippen LogP contribution in [0.4, 0.5) is 0 Å². The summed E-state index contributed by atoms with van der Waals surface area (Å²) in [5.74, 6) is 0. The Hall–Kier alpha value is 0.430. The van der Waals surface area contributed by atoms with E-state index in [1.807, 2.05) is 0 Å². The Balaban J connectivity index is 4.10. The molecular weight excluding hydrogens is 439 g/mol. The van der Waals surface area contributed by atoms with Crippen molar-refractivity contribution >= 4 is 7.26 Å².